The van der Waals surface area contributed by atoms with Gasteiger partial charge in [0.1, 0.15) is 18.1 Å². The maximum atomic E-state index is 12.9. The molecule has 0 bridgehead atoms. The van der Waals surface area contributed by atoms with Gasteiger partial charge in [0.05, 0.1) is 6.04 Å². The Bertz CT molecular complexity index is 699. The van der Waals surface area contributed by atoms with Gasteiger partial charge in [0.15, 0.2) is 5.96 Å². The lowest BCUT2D eigenvalue weighted by atomic mass is 9.98. The van der Waals surface area contributed by atoms with Gasteiger partial charge < -0.3 is 44.0 Å². The first-order chi connectivity index (χ1) is 15.9. The van der Waals surface area contributed by atoms with Gasteiger partial charge in [-0.25, -0.2) is 4.79 Å². The van der Waals surface area contributed by atoms with Gasteiger partial charge in [-0.1, -0.05) is 20.3 Å². The van der Waals surface area contributed by atoms with Crippen molar-refractivity contribution in [3.8, 4) is 0 Å². The van der Waals surface area contributed by atoms with E-state index >= 15 is 0 Å². The van der Waals surface area contributed by atoms with Gasteiger partial charge in [0.25, 0.3) is 0 Å². The molecule has 12 N–H and O–H groups in total. The second-order valence-corrected chi connectivity index (χ2v) is 8.34. The zero-order chi connectivity index (χ0) is 26.3. The molecule has 5 atom stereocenters. The fourth-order valence-electron chi connectivity index (χ4n) is 2.98. The predicted molar refractivity (Wildman–Crippen MR) is 129 cm³/mol. The monoisotopic (exact) mass is 486 g/mol. The topological polar surface area (TPSA) is 241 Å². The zero-order valence-corrected chi connectivity index (χ0v) is 20.4. The third-order valence-electron chi connectivity index (χ3n) is 5.45. The van der Waals surface area contributed by atoms with Crippen molar-refractivity contribution >= 4 is 29.7 Å². The van der Waals surface area contributed by atoms with Crippen molar-refractivity contribution in [1.82, 2.24) is 16.0 Å². The Morgan fingerprint density at radius 3 is 2.00 bits per heavy atom. The molecule has 0 aliphatic rings. The first-order valence-electron chi connectivity index (χ1n) is 11.6. The van der Waals surface area contributed by atoms with E-state index in [4.69, 9.17) is 22.9 Å². The molecule has 34 heavy (non-hydrogen) atoms. The summed E-state index contributed by atoms with van der Waals surface area (Å²) in [7, 11) is 0. The van der Waals surface area contributed by atoms with E-state index in [2.05, 4.69) is 20.9 Å². The number of hydrogen-bond donors (Lipinski definition) is 8. The number of carboxylic acid groups (broad SMARTS) is 1. The number of amides is 3. The number of aliphatic carboxylic acids is 1. The van der Waals surface area contributed by atoms with Crippen LogP contribution >= 0.6 is 0 Å². The Morgan fingerprint density at radius 1 is 0.882 bits per heavy atom. The van der Waals surface area contributed by atoms with Crippen LogP contribution in [0.5, 0.6) is 0 Å². The molecule has 0 aromatic carbocycles. The summed E-state index contributed by atoms with van der Waals surface area (Å²) in [6.45, 7) is 5.83. The number of carboxylic acids is 1. The maximum absolute atomic E-state index is 12.9. The lowest BCUT2D eigenvalue weighted by Crippen LogP contribution is -2.56. The Morgan fingerprint density at radius 2 is 1.47 bits per heavy atom. The van der Waals surface area contributed by atoms with Crippen LogP contribution in [-0.4, -0.2) is 72.0 Å². The summed E-state index contributed by atoms with van der Waals surface area (Å²) in [5.41, 5.74) is 22.0. The molecule has 13 heteroatoms. The normalized spacial score (nSPS) is 15.2. The summed E-state index contributed by atoms with van der Waals surface area (Å²) < 4.78 is 0. The van der Waals surface area contributed by atoms with Gasteiger partial charge in [0.2, 0.25) is 17.7 Å². The van der Waals surface area contributed by atoms with E-state index in [0.717, 1.165) is 0 Å². The third-order valence-corrected chi connectivity index (χ3v) is 5.45. The molecule has 0 saturated heterocycles. The van der Waals surface area contributed by atoms with Crippen molar-refractivity contribution in [1.29, 1.82) is 0 Å². The molecule has 0 aromatic heterocycles. The summed E-state index contributed by atoms with van der Waals surface area (Å²) in [5, 5.41) is 16.9. The molecular weight excluding hydrogens is 444 g/mol. The minimum absolute atomic E-state index is 0.0893. The lowest BCUT2D eigenvalue weighted by molar-refractivity contribution is -0.142. The van der Waals surface area contributed by atoms with Gasteiger partial charge >= 0.3 is 5.97 Å². The van der Waals surface area contributed by atoms with E-state index < -0.39 is 47.9 Å². The van der Waals surface area contributed by atoms with Crippen LogP contribution in [0.3, 0.4) is 0 Å². The fraction of sp³-hybridized carbons (Fsp3) is 0.762. The number of aliphatic imine (C=N–C) groups is 1. The van der Waals surface area contributed by atoms with Crippen LogP contribution in [0.4, 0.5) is 0 Å². The van der Waals surface area contributed by atoms with E-state index in [1.54, 1.807) is 0 Å². The Kier molecular flexibility index (Phi) is 15.2. The van der Waals surface area contributed by atoms with Crippen molar-refractivity contribution < 1.29 is 24.3 Å². The molecule has 3 amide bonds. The van der Waals surface area contributed by atoms with Crippen molar-refractivity contribution in [2.45, 2.75) is 83.5 Å². The van der Waals surface area contributed by atoms with Crippen LogP contribution < -0.4 is 38.9 Å². The molecule has 13 nitrogen and oxygen atoms in total. The standard InChI is InChI=1S/C21H42N8O5/c1-4-12(2)16(23)19(32)28-14(9-7-11-26-21(24)25)18(31)27-13(3)17(30)29-15(20(33)34)8-5-6-10-22/h12-16H,4-11,22-23H2,1-3H3,(H,27,31)(H,28,32)(H,29,30)(H,33,34)(H4,24,25,26). The van der Waals surface area contributed by atoms with Crippen LogP contribution in [0.2, 0.25) is 0 Å². The molecule has 5 unspecified atom stereocenters. The lowest BCUT2D eigenvalue weighted by Gasteiger charge is -2.25. The number of carbonyl (C=O) groups is 4. The van der Waals surface area contributed by atoms with Crippen LogP contribution in [-0.2, 0) is 19.2 Å². The number of nitrogens with one attached hydrogen (secondary N) is 3. The first-order valence-corrected chi connectivity index (χ1v) is 11.6. The van der Waals surface area contributed by atoms with Gasteiger partial charge in [-0.15, -0.1) is 0 Å². The van der Waals surface area contributed by atoms with E-state index in [1.165, 1.54) is 6.92 Å². The van der Waals surface area contributed by atoms with Crippen LogP contribution in [0.15, 0.2) is 4.99 Å². The number of nitrogens with two attached hydrogens (primary N) is 4. The van der Waals surface area contributed by atoms with Gasteiger partial charge in [0, 0.05) is 6.54 Å². The number of carbonyl (C=O) groups excluding carboxylic acids is 3. The number of unbranched alkanes of at least 4 members (excludes halogenated alkanes) is 1. The Labute approximate surface area is 200 Å². The summed E-state index contributed by atoms with van der Waals surface area (Å²) in [4.78, 5) is 53.1. The highest BCUT2D eigenvalue weighted by Gasteiger charge is 2.29. The highest BCUT2D eigenvalue weighted by Crippen LogP contribution is 2.07. The highest BCUT2D eigenvalue weighted by atomic mass is 16.4. The van der Waals surface area contributed by atoms with Gasteiger partial charge in [-0.2, -0.15) is 0 Å². The molecule has 0 fully saturated rings. The summed E-state index contributed by atoms with van der Waals surface area (Å²) in [6, 6.07) is -3.92. The smallest absolute Gasteiger partial charge is 0.326 e. The minimum atomic E-state index is -1.17. The maximum Gasteiger partial charge on any atom is 0.326 e. The van der Waals surface area contributed by atoms with Crippen molar-refractivity contribution in [3.63, 3.8) is 0 Å². The Hall–Kier alpha value is -2.93. The highest BCUT2D eigenvalue weighted by molar-refractivity contribution is 5.93. The number of guanidine groups is 1. The Balaban J connectivity index is 5.18. The average Bonchev–Trinajstić information content (AvgIpc) is 2.78. The summed E-state index contributed by atoms with van der Waals surface area (Å²) in [5.74, 6) is -3.11. The minimum Gasteiger partial charge on any atom is -0.480 e. The molecule has 196 valence electrons. The van der Waals surface area contributed by atoms with E-state index in [9.17, 15) is 24.3 Å². The van der Waals surface area contributed by atoms with Crippen molar-refractivity contribution in [3.05, 3.63) is 0 Å². The molecule has 0 radical (unpaired) electrons. The van der Waals surface area contributed by atoms with Crippen LogP contribution in [0, 0.1) is 5.92 Å². The van der Waals surface area contributed by atoms with E-state index in [-0.39, 0.29) is 31.3 Å². The molecule has 0 aromatic rings. The number of hydrogen-bond acceptors (Lipinski definition) is 7. The molecule has 0 saturated carbocycles. The molecular formula is C21H42N8O5. The number of rotatable bonds is 17. The second-order valence-electron chi connectivity index (χ2n) is 8.34. The molecule has 0 spiro atoms. The fourth-order valence-corrected chi connectivity index (χ4v) is 2.98. The van der Waals surface area contributed by atoms with Crippen LogP contribution in [0.25, 0.3) is 0 Å². The third kappa shape index (κ3) is 12.3. The largest absolute Gasteiger partial charge is 0.480 e. The molecule has 0 rings (SSSR count). The predicted octanol–water partition coefficient (Wildman–Crippen LogP) is -1.90. The van der Waals surface area contributed by atoms with E-state index in [1.807, 2.05) is 13.8 Å². The summed E-state index contributed by atoms with van der Waals surface area (Å²) in [6.07, 6.45) is 2.66. The van der Waals surface area contributed by atoms with Crippen LogP contribution in [0.1, 0.15) is 59.3 Å². The van der Waals surface area contributed by atoms with Gasteiger partial charge in [-0.3, -0.25) is 19.4 Å². The van der Waals surface area contributed by atoms with E-state index in [0.29, 0.717) is 32.2 Å². The second kappa shape index (κ2) is 16.6. The molecule has 0 aliphatic heterocycles. The SMILES string of the molecule is CCC(C)C(N)C(=O)NC(CCCN=C(N)N)C(=O)NC(C)C(=O)NC(CCCCN)C(=O)O. The molecule has 0 heterocycles. The molecule has 0 aliphatic carbocycles. The van der Waals surface area contributed by atoms with Crippen molar-refractivity contribution in [2.75, 3.05) is 13.1 Å². The first kappa shape index (κ1) is 31.1. The average molecular weight is 487 g/mol. The number of nitrogens with zero attached hydrogens (tertiary/aromatic N) is 1. The summed E-state index contributed by atoms with van der Waals surface area (Å²) >= 11 is 0. The van der Waals surface area contributed by atoms with Crippen molar-refractivity contribution in [2.24, 2.45) is 33.8 Å². The quantitative estimate of drug-likeness (QED) is 0.0649. The van der Waals surface area contributed by atoms with Gasteiger partial charge in [-0.05, 0) is 51.5 Å². The zero-order valence-electron chi connectivity index (χ0n) is 20.4.